The summed E-state index contributed by atoms with van der Waals surface area (Å²) in [6.45, 7) is 5.28. The fraction of sp³-hybridized carbons (Fsp3) is 0.647. The molecule has 4 nitrogen and oxygen atoms in total. The van der Waals surface area contributed by atoms with Crippen LogP contribution >= 0.6 is 0 Å². The zero-order valence-electron chi connectivity index (χ0n) is 12.7. The zero-order chi connectivity index (χ0) is 14.5. The summed E-state index contributed by atoms with van der Waals surface area (Å²) in [6.07, 6.45) is 3.60. The average molecular weight is 290 g/mol. The molecule has 0 bridgehead atoms. The molecule has 0 radical (unpaired) electrons. The lowest BCUT2D eigenvalue weighted by molar-refractivity contribution is -0.0248. The van der Waals surface area contributed by atoms with E-state index in [4.69, 9.17) is 15.2 Å². The highest BCUT2D eigenvalue weighted by Crippen LogP contribution is 2.31. The van der Waals surface area contributed by atoms with Gasteiger partial charge in [0.1, 0.15) is 0 Å². The van der Waals surface area contributed by atoms with Gasteiger partial charge in [-0.3, -0.25) is 4.90 Å². The molecule has 1 aromatic carbocycles. The third kappa shape index (κ3) is 3.64. The molecule has 21 heavy (non-hydrogen) atoms. The predicted molar refractivity (Wildman–Crippen MR) is 83.1 cm³/mol. The van der Waals surface area contributed by atoms with Crippen LogP contribution in [-0.2, 0) is 16.1 Å². The Morgan fingerprint density at radius 1 is 1.24 bits per heavy atom. The highest BCUT2D eigenvalue weighted by Gasteiger charge is 2.29. The summed E-state index contributed by atoms with van der Waals surface area (Å²) in [4.78, 5) is 2.56. The van der Waals surface area contributed by atoms with E-state index in [0.29, 0.717) is 12.1 Å². The van der Waals surface area contributed by atoms with Crippen LogP contribution in [0.4, 0.5) is 0 Å². The van der Waals surface area contributed by atoms with E-state index in [1.807, 2.05) is 0 Å². The van der Waals surface area contributed by atoms with Crippen molar-refractivity contribution in [3.05, 3.63) is 35.4 Å². The zero-order valence-corrected chi connectivity index (χ0v) is 12.7. The molecule has 0 spiro atoms. The number of likely N-dealkylation sites (tertiary alicyclic amines) is 1. The lowest BCUT2D eigenvalue weighted by atomic mass is 9.95. The Morgan fingerprint density at radius 3 is 2.86 bits per heavy atom. The summed E-state index contributed by atoms with van der Waals surface area (Å²) < 4.78 is 11.7. The molecule has 3 rings (SSSR count). The third-order valence-electron chi connectivity index (χ3n) is 4.57. The number of piperidine rings is 1. The van der Waals surface area contributed by atoms with E-state index < -0.39 is 0 Å². The molecule has 0 amide bonds. The van der Waals surface area contributed by atoms with Crippen molar-refractivity contribution in [1.29, 1.82) is 0 Å². The summed E-state index contributed by atoms with van der Waals surface area (Å²) in [7, 11) is 0. The topological polar surface area (TPSA) is 47.7 Å². The van der Waals surface area contributed by atoms with Crippen molar-refractivity contribution in [1.82, 2.24) is 4.90 Å². The van der Waals surface area contributed by atoms with Gasteiger partial charge < -0.3 is 15.2 Å². The molecule has 0 aromatic heterocycles. The third-order valence-corrected chi connectivity index (χ3v) is 4.57. The van der Waals surface area contributed by atoms with Crippen LogP contribution < -0.4 is 5.73 Å². The van der Waals surface area contributed by atoms with Crippen LogP contribution in [0.3, 0.4) is 0 Å². The first-order valence-corrected chi connectivity index (χ1v) is 8.09. The molecule has 0 saturated carbocycles. The SMILES string of the molecule is NCCCOC1CCN(C2COCc3ccccc32)CC1. The van der Waals surface area contributed by atoms with Gasteiger partial charge in [0.25, 0.3) is 0 Å². The molecule has 1 aromatic rings. The molecule has 2 aliphatic rings. The number of fused-ring (bicyclic) bond motifs is 1. The van der Waals surface area contributed by atoms with Crippen LogP contribution in [-0.4, -0.2) is 43.9 Å². The minimum Gasteiger partial charge on any atom is -0.378 e. The van der Waals surface area contributed by atoms with Crippen LogP contribution in [0, 0.1) is 0 Å². The van der Waals surface area contributed by atoms with E-state index in [0.717, 1.165) is 58.7 Å². The van der Waals surface area contributed by atoms with Gasteiger partial charge in [0.15, 0.2) is 0 Å². The minimum atomic E-state index is 0.410. The van der Waals surface area contributed by atoms with Crippen molar-refractivity contribution in [2.75, 3.05) is 32.8 Å². The van der Waals surface area contributed by atoms with Crippen LogP contribution in [0.1, 0.15) is 36.4 Å². The summed E-state index contributed by atoms with van der Waals surface area (Å²) >= 11 is 0. The lowest BCUT2D eigenvalue weighted by Gasteiger charge is -2.39. The second kappa shape index (κ2) is 7.36. The fourth-order valence-corrected chi connectivity index (χ4v) is 3.35. The molecule has 4 heteroatoms. The van der Waals surface area contributed by atoms with Gasteiger partial charge in [0, 0.05) is 19.7 Å². The number of ether oxygens (including phenoxy) is 2. The summed E-state index contributed by atoms with van der Waals surface area (Å²) in [5, 5.41) is 0. The van der Waals surface area contributed by atoms with Gasteiger partial charge in [-0.15, -0.1) is 0 Å². The predicted octanol–water partition coefficient (Wildman–Crippen LogP) is 2.09. The Balaban J connectivity index is 1.55. The number of benzene rings is 1. The average Bonchev–Trinajstić information content (AvgIpc) is 2.55. The number of nitrogens with zero attached hydrogens (tertiary/aromatic N) is 1. The van der Waals surface area contributed by atoms with E-state index in [-0.39, 0.29) is 0 Å². The van der Waals surface area contributed by atoms with Gasteiger partial charge in [-0.1, -0.05) is 24.3 Å². The van der Waals surface area contributed by atoms with Gasteiger partial charge in [-0.2, -0.15) is 0 Å². The van der Waals surface area contributed by atoms with Gasteiger partial charge in [0.2, 0.25) is 0 Å². The molecule has 1 saturated heterocycles. The summed E-state index contributed by atoms with van der Waals surface area (Å²) in [5.74, 6) is 0. The smallest absolute Gasteiger partial charge is 0.0721 e. The Kier molecular flexibility index (Phi) is 5.25. The van der Waals surface area contributed by atoms with Crippen molar-refractivity contribution in [2.45, 2.75) is 38.0 Å². The first-order chi connectivity index (χ1) is 10.4. The van der Waals surface area contributed by atoms with Gasteiger partial charge in [-0.05, 0) is 36.9 Å². The normalized spacial score (nSPS) is 24.0. The van der Waals surface area contributed by atoms with E-state index in [1.165, 1.54) is 11.1 Å². The summed E-state index contributed by atoms with van der Waals surface area (Å²) in [5.41, 5.74) is 8.30. The van der Waals surface area contributed by atoms with Crippen LogP contribution in [0.5, 0.6) is 0 Å². The molecule has 1 unspecified atom stereocenters. The highest BCUT2D eigenvalue weighted by atomic mass is 16.5. The monoisotopic (exact) mass is 290 g/mol. The summed E-state index contributed by atoms with van der Waals surface area (Å²) in [6, 6.07) is 9.10. The van der Waals surface area contributed by atoms with Crippen molar-refractivity contribution < 1.29 is 9.47 Å². The number of nitrogens with two attached hydrogens (primary N) is 1. The number of hydrogen-bond acceptors (Lipinski definition) is 4. The molecular formula is C17H26N2O2. The Hall–Kier alpha value is -0.940. The second-order valence-electron chi connectivity index (χ2n) is 5.98. The molecule has 1 atom stereocenters. The van der Waals surface area contributed by atoms with E-state index >= 15 is 0 Å². The van der Waals surface area contributed by atoms with E-state index in [1.54, 1.807) is 0 Å². The molecule has 116 valence electrons. The standard InChI is InChI=1S/C17H26N2O2/c18-8-3-11-21-15-6-9-19(10-7-15)17-13-20-12-14-4-1-2-5-16(14)17/h1-2,4-5,15,17H,3,6-13,18H2. The quantitative estimate of drug-likeness (QED) is 0.844. The van der Waals surface area contributed by atoms with Crippen LogP contribution in [0.25, 0.3) is 0 Å². The van der Waals surface area contributed by atoms with Gasteiger partial charge >= 0.3 is 0 Å². The van der Waals surface area contributed by atoms with E-state index in [9.17, 15) is 0 Å². The maximum Gasteiger partial charge on any atom is 0.0721 e. The van der Waals surface area contributed by atoms with Crippen molar-refractivity contribution in [2.24, 2.45) is 5.73 Å². The molecule has 0 aliphatic carbocycles. The Labute approximate surface area is 127 Å². The minimum absolute atomic E-state index is 0.410. The maximum absolute atomic E-state index is 5.89. The van der Waals surface area contributed by atoms with Crippen LogP contribution in [0.2, 0.25) is 0 Å². The first-order valence-electron chi connectivity index (χ1n) is 8.09. The van der Waals surface area contributed by atoms with Gasteiger partial charge in [-0.25, -0.2) is 0 Å². The molecule has 2 aliphatic heterocycles. The lowest BCUT2D eigenvalue weighted by Crippen LogP contribution is -2.42. The van der Waals surface area contributed by atoms with Gasteiger partial charge in [0.05, 0.1) is 25.4 Å². The fourth-order valence-electron chi connectivity index (χ4n) is 3.35. The number of rotatable bonds is 5. The van der Waals surface area contributed by atoms with Crippen molar-refractivity contribution >= 4 is 0 Å². The Bertz CT molecular complexity index is 444. The van der Waals surface area contributed by atoms with Crippen molar-refractivity contribution in [3.63, 3.8) is 0 Å². The number of hydrogen-bond donors (Lipinski definition) is 1. The molecule has 1 fully saturated rings. The molecular weight excluding hydrogens is 264 g/mol. The van der Waals surface area contributed by atoms with E-state index in [2.05, 4.69) is 29.2 Å². The maximum atomic E-state index is 5.89. The molecule has 2 N–H and O–H groups in total. The largest absolute Gasteiger partial charge is 0.378 e. The second-order valence-corrected chi connectivity index (χ2v) is 5.98. The first kappa shape index (κ1) is 15.0. The highest BCUT2D eigenvalue weighted by molar-refractivity contribution is 5.31. The molecule has 2 heterocycles. The Morgan fingerprint density at radius 2 is 2.05 bits per heavy atom. The van der Waals surface area contributed by atoms with Crippen molar-refractivity contribution in [3.8, 4) is 0 Å². The van der Waals surface area contributed by atoms with Crippen LogP contribution in [0.15, 0.2) is 24.3 Å².